The van der Waals surface area contributed by atoms with E-state index < -0.39 is 18.7 Å². The monoisotopic (exact) mass is 276 g/mol. The second kappa shape index (κ2) is 5.81. The molecule has 0 saturated carbocycles. The van der Waals surface area contributed by atoms with Crippen molar-refractivity contribution in [1.82, 2.24) is 0 Å². The van der Waals surface area contributed by atoms with Crippen LogP contribution in [0, 0.1) is 0 Å². The number of aromatic carboxylic acids is 1. The van der Waals surface area contributed by atoms with E-state index in [1.165, 1.54) is 18.2 Å². The summed E-state index contributed by atoms with van der Waals surface area (Å²) in [5.41, 5.74) is 5.40. The molecule has 4 nitrogen and oxygen atoms in total. The summed E-state index contributed by atoms with van der Waals surface area (Å²) in [5.74, 6) is -1.26. The Morgan fingerprint density at radius 1 is 1.42 bits per heavy atom. The molecule has 0 aliphatic heterocycles. The van der Waals surface area contributed by atoms with Gasteiger partial charge in [-0.1, -0.05) is 13.0 Å². The van der Waals surface area contributed by atoms with Gasteiger partial charge in [-0.15, -0.1) is 0 Å². The van der Waals surface area contributed by atoms with Crippen molar-refractivity contribution in [3.63, 3.8) is 0 Å². The third kappa shape index (κ3) is 4.04. The van der Waals surface area contributed by atoms with Crippen LogP contribution in [0.4, 0.5) is 24.5 Å². The van der Waals surface area contributed by atoms with Gasteiger partial charge in [-0.2, -0.15) is 13.2 Å². The summed E-state index contributed by atoms with van der Waals surface area (Å²) in [6.07, 6.45) is -3.88. The predicted molar refractivity (Wildman–Crippen MR) is 66.4 cm³/mol. The first-order chi connectivity index (χ1) is 8.76. The van der Waals surface area contributed by atoms with Crippen LogP contribution in [0.2, 0.25) is 0 Å². The second-order valence-corrected chi connectivity index (χ2v) is 4.08. The maximum Gasteiger partial charge on any atom is 0.405 e. The summed E-state index contributed by atoms with van der Waals surface area (Å²) in [5, 5.41) is 8.91. The highest BCUT2D eigenvalue weighted by Crippen LogP contribution is 2.29. The molecule has 1 aromatic rings. The Bertz CT molecular complexity index is 461. The van der Waals surface area contributed by atoms with E-state index in [2.05, 4.69) is 0 Å². The van der Waals surface area contributed by atoms with Gasteiger partial charge in [0, 0.05) is 6.54 Å². The zero-order valence-corrected chi connectivity index (χ0v) is 10.4. The molecule has 0 radical (unpaired) electrons. The first-order valence-corrected chi connectivity index (χ1v) is 5.69. The van der Waals surface area contributed by atoms with Gasteiger partial charge < -0.3 is 15.7 Å². The summed E-state index contributed by atoms with van der Waals surface area (Å²) in [4.78, 5) is 12.0. The average Bonchev–Trinajstić information content (AvgIpc) is 2.26. The van der Waals surface area contributed by atoms with Crippen LogP contribution in [-0.2, 0) is 0 Å². The summed E-state index contributed by atoms with van der Waals surface area (Å²) < 4.78 is 37.5. The molecule has 7 heteroatoms. The number of alkyl halides is 3. The number of nitrogen functional groups attached to an aromatic ring is 1. The molecule has 1 rings (SSSR count). The molecule has 1 aromatic carbocycles. The number of benzene rings is 1. The zero-order valence-electron chi connectivity index (χ0n) is 10.4. The molecule has 0 bridgehead atoms. The molecule has 0 aliphatic rings. The van der Waals surface area contributed by atoms with Crippen molar-refractivity contribution in [2.24, 2.45) is 0 Å². The van der Waals surface area contributed by atoms with E-state index in [0.29, 0.717) is 6.42 Å². The van der Waals surface area contributed by atoms with Crippen molar-refractivity contribution in [2.45, 2.75) is 19.5 Å². The Hall–Kier alpha value is -1.92. The van der Waals surface area contributed by atoms with Crippen LogP contribution in [0.5, 0.6) is 0 Å². The van der Waals surface area contributed by atoms with Gasteiger partial charge in [0.15, 0.2) is 0 Å². The molecule has 0 unspecified atom stereocenters. The highest BCUT2D eigenvalue weighted by molar-refractivity contribution is 5.97. The molecule has 3 N–H and O–H groups in total. The van der Waals surface area contributed by atoms with Gasteiger partial charge in [0.05, 0.1) is 16.9 Å². The highest BCUT2D eigenvalue weighted by Gasteiger charge is 2.31. The van der Waals surface area contributed by atoms with Crippen LogP contribution >= 0.6 is 0 Å². The minimum absolute atomic E-state index is 0.0964. The fourth-order valence-corrected chi connectivity index (χ4v) is 1.79. The standard InChI is InChI=1S/C12H15F3N2O2/c1-2-6-17(7-12(13,14)15)9-5-3-4-8(10(9)16)11(18)19/h3-5H,2,6-7,16H2,1H3,(H,18,19). The Labute approximate surface area is 108 Å². The van der Waals surface area contributed by atoms with E-state index >= 15 is 0 Å². The van der Waals surface area contributed by atoms with Crippen LogP contribution in [0.25, 0.3) is 0 Å². The number of nitrogens with zero attached hydrogens (tertiary/aromatic N) is 1. The lowest BCUT2D eigenvalue weighted by molar-refractivity contribution is -0.119. The third-order valence-electron chi connectivity index (χ3n) is 2.52. The van der Waals surface area contributed by atoms with Crippen LogP contribution in [-0.4, -0.2) is 30.3 Å². The van der Waals surface area contributed by atoms with Crippen LogP contribution in [0.15, 0.2) is 18.2 Å². The Balaban J connectivity index is 3.16. The number of para-hydroxylation sites is 1. The fraction of sp³-hybridized carbons (Fsp3) is 0.417. The van der Waals surface area contributed by atoms with Crippen molar-refractivity contribution in [3.05, 3.63) is 23.8 Å². The molecule has 0 amide bonds. The largest absolute Gasteiger partial charge is 0.478 e. The number of anilines is 2. The molecular formula is C12H15F3N2O2. The lowest BCUT2D eigenvalue weighted by Gasteiger charge is -2.27. The Kier molecular flexibility index (Phi) is 4.63. The first-order valence-electron chi connectivity index (χ1n) is 5.69. The van der Waals surface area contributed by atoms with Crippen molar-refractivity contribution >= 4 is 17.3 Å². The number of halogens is 3. The molecular weight excluding hydrogens is 261 g/mol. The fourth-order valence-electron chi connectivity index (χ4n) is 1.79. The van der Waals surface area contributed by atoms with Gasteiger partial charge in [0.1, 0.15) is 6.54 Å². The van der Waals surface area contributed by atoms with E-state index in [-0.39, 0.29) is 23.5 Å². The average molecular weight is 276 g/mol. The van der Waals surface area contributed by atoms with E-state index in [9.17, 15) is 18.0 Å². The molecule has 19 heavy (non-hydrogen) atoms. The lowest BCUT2D eigenvalue weighted by Crippen LogP contribution is -2.35. The second-order valence-electron chi connectivity index (χ2n) is 4.08. The SMILES string of the molecule is CCCN(CC(F)(F)F)c1cccc(C(=O)O)c1N. The van der Waals surface area contributed by atoms with Crippen LogP contribution in [0.3, 0.4) is 0 Å². The maximum atomic E-state index is 12.5. The van der Waals surface area contributed by atoms with E-state index in [4.69, 9.17) is 10.8 Å². The number of rotatable bonds is 5. The molecule has 0 aromatic heterocycles. The molecule has 0 atom stereocenters. The molecule has 106 valence electrons. The number of carboxylic acid groups (broad SMARTS) is 1. The van der Waals surface area contributed by atoms with Crippen molar-refractivity contribution in [1.29, 1.82) is 0 Å². The Morgan fingerprint density at radius 3 is 2.53 bits per heavy atom. The van der Waals surface area contributed by atoms with Crippen molar-refractivity contribution in [3.8, 4) is 0 Å². The first kappa shape index (κ1) is 15.1. The minimum atomic E-state index is -4.37. The topological polar surface area (TPSA) is 66.6 Å². The molecule has 0 spiro atoms. The van der Waals surface area contributed by atoms with Gasteiger partial charge in [0.2, 0.25) is 0 Å². The number of hydrogen-bond donors (Lipinski definition) is 2. The lowest BCUT2D eigenvalue weighted by atomic mass is 10.1. The van der Waals surface area contributed by atoms with Gasteiger partial charge in [-0.05, 0) is 18.6 Å². The van der Waals surface area contributed by atoms with Gasteiger partial charge in [0.25, 0.3) is 0 Å². The van der Waals surface area contributed by atoms with Crippen LogP contribution in [0.1, 0.15) is 23.7 Å². The summed E-state index contributed by atoms with van der Waals surface area (Å²) in [6, 6.07) is 4.04. The van der Waals surface area contributed by atoms with E-state index in [1.54, 1.807) is 6.92 Å². The molecule has 0 heterocycles. The van der Waals surface area contributed by atoms with Crippen molar-refractivity contribution < 1.29 is 23.1 Å². The van der Waals surface area contributed by atoms with E-state index in [0.717, 1.165) is 4.90 Å². The van der Waals surface area contributed by atoms with Gasteiger partial charge in [-0.25, -0.2) is 4.79 Å². The van der Waals surface area contributed by atoms with Crippen LogP contribution < -0.4 is 10.6 Å². The number of nitrogens with two attached hydrogens (primary N) is 1. The number of carbonyl (C=O) groups is 1. The maximum absolute atomic E-state index is 12.5. The van der Waals surface area contributed by atoms with Gasteiger partial charge in [-0.3, -0.25) is 0 Å². The normalized spacial score (nSPS) is 11.4. The van der Waals surface area contributed by atoms with Crippen molar-refractivity contribution in [2.75, 3.05) is 23.7 Å². The predicted octanol–water partition coefficient (Wildman–Crippen LogP) is 2.75. The summed E-state index contributed by atoms with van der Waals surface area (Å²) >= 11 is 0. The molecule has 0 saturated heterocycles. The zero-order chi connectivity index (χ0) is 14.6. The molecule has 0 aliphatic carbocycles. The quantitative estimate of drug-likeness (QED) is 0.811. The summed E-state index contributed by atoms with van der Waals surface area (Å²) in [7, 11) is 0. The Morgan fingerprint density at radius 2 is 2.05 bits per heavy atom. The highest BCUT2D eigenvalue weighted by atomic mass is 19.4. The van der Waals surface area contributed by atoms with Gasteiger partial charge >= 0.3 is 12.1 Å². The number of hydrogen-bond acceptors (Lipinski definition) is 3. The molecule has 0 fully saturated rings. The third-order valence-corrected chi connectivity index (χ3v) is 2.52. The minimum Gasteiger partial charge on any atom is -0.478 e. The van der Waals surface area contributed by atoms with E-state index in [1.807, 2.05) is 0 Å². The number of carboxylic acids is 1. The summed E-state index contributed by atoms with van der Waals surface area (Å²) in [6.45, 7) is 0.724. The smallest absolute Gasteiger partial charge is 0.405 e.